The molecule has 4 nitrogen and oxygen atoms in total. The molecule has 0 aliphatic heterocycles. The molecule has 2 aromatic heterocycles. The van der Waals surface area contributed by atoms with Gasteiger partial charge in [-0.05, 0) is 43.2 Å². The van der Waals surface area contributed by atoms with Gasteiger partial charge in [-0.1, -0.05) is 18.2 Å². The van der Waals surface area contributed by atoms with Gasteiger partial charge in [-0.3, -0.25) is 4.99 Å². The highest BCUT2D eigenvalue weighted by atomic mass is 32.1. The fourth-order valence-corrected chi connectivity index (χ4v) is 3.09. The average Bonchev–Trinajstić information content (AvgIpc) is 3.23. The third kappa shape index (κ3) is 3.46. The van der Waals surface area contributed by atoms with Gasteiger partial charge in [-0.25, -0.2) is 4.68 Å². The number of thiazole rings is 1. The summed E-state index contributed by atoms with van der Waals surface area (Å²) < 4.78 is 7.18. The summed E-state index contributed by atoms with van der Waals surface area (Å²) in [6, 6.07) is 10.1. The Kier molecular flexibility index (Phi) is 4.91. The number of benzene rings is 1. The van der Waals surface area contributed by atoms with Crippen molar-refractivity contribution in [3.63, 3.8) is 0 Å². The molecular formula is C19H19N3OS. The van der Waals surface area contributed by atoms with Crippen LogP contribution in [-0.2, 0) is 0 Å². The highest BCUT2D eigenvalue weighted by Crippen LogP contribution is 2.23. The number of furan rings is 1. The van der Waals surface area contributed by atoms with Crippen LogP contribution in [0.2, 0.25) is 0 Å². The Bertz CT molecular complexity index is 930. The van der Waals surface area contributed by atoms with Gasteiger partial charge in [0.15, 0.2) is 0 Å². The second kappa shape index (κ2) is 7.27. The van der Waals surface area contributed by atoms with Gasteiger partial charge in [-0.2, -0.15) is 5.10 Å². The van der Waals surface area contributed by atoms with Gasteiger partial charge in [0.25, 0.3) is 0 Å². The maximum atomic E-state index is 5.33. The molecule has 1 aromatic carbocycles. The lowest BCUT2D eigenvalue weighted by atomic mass is 10.1. The summed E-state index contributed by atoms with van der Waals surface area (Å²) in [4.78, 5) is 5.35. The number of hydrogen-bond acceptors (Lipinski definition) is 4. The van der Waals surface area contributed by atoms with Crippen molar-refractivity contribution in [1.29, 1.82) is 0 Å². The van der Waals surface area contributed by atoms with Crippen LogP contribution in [0.5, 0.6) is 0 Å². The summed E-state index contributed by atoms with van der Waals surface area (Å²) in [5.74, 6) is 0.703. The Morgan fingerprint density at radius 2 is 2.12 bits per heavy atom. The van der Waals surface area contributed by atoms with Crippen LogP contribution in [0.3, 0.4) is 0 Å². The minimum atomic E-state index is 0.559. The smallest absolute Gasteiger partial charge is 0.206 e. The molecule has 0 radical (unpaired) electrons. The maximum absolute atomic E-state index is 5.33. The van der Waals surface area contributed by atoms with E-state index >= 15 is 0 Å². The first-order chi connectivity index (χ1) is 11.7. The van der Waals surface area contributed by atoms with E-state index in [-0.39, 0.29) is 0 Å². The molecule has 0 aliphatic rings. The van der Waals surface area contributed by atoms with Crippen molar-refractivity contribution in [3.05, 3.63) is 76.3 Å². The second-order valence-corrected chi connectivity index (χ2v) is 6.24. The fraction of sp³-hybridized carbons (Fsp3) is 0.158. The first-order valence-corrected chi connectivity index (χ1v) is 8.54. The van der Waals surface area contributed by atoms with Crippen LogP contribution in [0.15, 0.2) is 69.1 Å². The van der Waals surface area contributed by atoms with E-state index in [1.165, 1.54) is 11.1 Å². The van der Waals surface area contributed by atoms with E-state index in [0.717, 1.165) is 16.1 Å². The molecule has 0 unspecified atom stereocenters. The largest absolute Gasteiger partial charge is 0.463 e. The predicted octanol–water partition coefficient (Wildman–Crippen LogP) is 4.40. The van der Waals surface area contributed by atoms with Crippen molar-refractivity contribution < 1.29 is 4.42 Å². The predicted molar refractivity (Wildman–Crippen MR) is 99.5 cm³/mol. The van der Waals surface area contributed by atoms with Crippen LogP contribution in [0.1, 0.15) is 16.9 Å². The SMILES string of the molecule is C=CCN=c1scc(-c2ccc(C)c(C)c2)n1N=Cc1ccco1. The van der Waals surface area contributed by atoms with Crippen molar-refractivity contribution in [3.8, 4) is 11.3 Å². The molecule has 0 fully saturated rings. The van der Waals surface area contributed by atoms with Gasteiger partial charge in [0.2, 0.25) is 4.80 Å². The molecule has 0 spiro atoms. The van der Waals surface area contributed by atoms with Gasteiger partial charge in [0.05, 0.1) is 24.7 Å². The van der Waals surface area contributed by atoms with E-state index in [9.17, 15) is 0 Å². The Morgan fingerprint density at radius 3 is 2.83 bits per heavy atom. The number of rotatable bonds is 5. The molecule has 2 heterocycles. The van der Waals surface area contributed by atoms with Gasteiger partial charge >= 0.3 is 0 Å². The minimum absolute atomic E-state index is 0.559. The molecule has 0 atom stereocenters. The standard InChI is InChI=1S/C19H19N3OS/c1-4-9-20-19-22(21-12-17-6-5-10-23-17)18(13-24-19)16-8-7-14(2)15(3)11-16/h4-8,10-13H,1,9H2,2-3H3. The third-order valence-corrected chi connectivity index (χ3v) is 4.54. The first kappa shape index (κ1) is 16.2. The van der Waals surface area contributed by atoms with E-state index in [2.05, 4.69) is 54.1 Å². The Hall–Kier alpha value is -2.66. The summed E-state index contributed by atoms with van der Waals surface area (Å²) in [7, 11) is 0. The zero-order valence-corrected chi connectivity index (χ0v) is 14.6. The van der Waals surface area contributed by atoms with Crippen molar-refractivity contribution in [2.75, 3.05) is 6.54 Å². The van der Waals surface area contributed by atoms with E-state index < -0.39 is 0 Å². The van der Waals surface area contributed by atoms with Crippen molar-refractivity contribution in [2.45, 2.75) is 13.8 Å². The van der Waals surface area contributed by atoms with Crippen LogP contribution in [0.25, 0.3) is 11.3 Å². The number of nitrogens with zero attached hydrogens (tertiary/aromatic N) is 3. The summed E-state index contributed by atoms with van der Waals surface area (Å²) in [6.45, 7) is 8.51. The fourth-order valence-electron chi connectivity index (χ4n) is 2.24. The normalized spacial score (nSPS) is 12.2. The lowest BCUT2D eigenvalue weighted by molar-refractivity contribution is 0.559. The van der Waals surface area contributed by atoms with Crippen LogP contribution in [-0.4, -0.2) is 17.4 Å². The van der Waals surface area contributed by atoms with Gasteiger partial charge in [0.1, 0.15) is 5.76 Å². The van der Waals surface area contributed by atoms with Crippen molar-refractivity contribution in [2.24, 2.45) is 10.1 Å². The molecule has 0 saturated carbocycles. The molecule has 24 heavy (non-hydrogen) atoms. The van der Waals surface area contributed by atoms with Crippen LogP contribution >= 0.6 is 11.3 Å². The van der Waals surface area contributed by atoms with Crippen molar-refractivity contribution in [1.82, 2.24) is 4.68 Å². The molecule has 0 amide bonds. The zero-order chi connectivity index (χ0) is 16.9. The van der Waals surface area contributed by atoms with E-state index in [4.69, 9.17) is 4.42 Å². The molecule has 0 N–H and O–H groups in total. The summed E-state index contributed by atoms with van der Waals surface area (Å²) in [5.41, 5.74) is 4.65. The lowest BCUT2D eigenvalue weighted by Gasteiger charge is -2.06. The quantitative estimate of drug-likeness (QED) is 0.503. The highest BCUT2D eigenvalue weighted by Gasteiger charge is 2.08. The summed E-state index contributed by atoms with van der Waals surface area (Å²) in [5, 5.41) is 6.65. The van der Waals surface area contributed by atoms with E-state index in [0.29, 0.717) is 12.3 Å². The lowest BCUT2D eigenvalue weighted by Crippen LogP contribution is -2.12. The molecule has 3 rings (SSSR count). The maximum Gasteiger partial charge on any atom is 0.206 e. The van der Waals surface area contributed by atoms with Crippen LogP contribution in [0.4, 0.5) is 0 Å². The summed E-state index contributed by atoms with van der Waals surface area (Å²) in [6.07, 6.45) is 5.10. The Labute approximate surface area is 145 Å². The molecule has 3 aromatic rings. The highest BCUT2D eigenvalue weighted by molar-refractivity contribution is 7.07. The second-order valence-electron chi connectivity index (χ2n) is 5.40. The van der Waals surface area contributed by atoms with Crippen molar-refractivity contribution >= 4 is 17.6 Å². The Balaban J connectivity index is 2.10. The minimum Gasteiger partial charge on any atom is -0.463 e. The molecule has 0 saturated heterocycles. The topological polar surface area (TPSA) is 42.8 Å². The molecule has 5 heteroatoms. The Morgan fingerprint density at radius 1 is 1.25 bits per heavy atom. The van der Waals surface area contributed by atoms with E-state index in [1.807, 2.05) is 16.8 Å². The number of hydrogen-bond donors (Lipinski definition) is 0. The van der Waals surface area contributed by atoms with Gasteiger partial charge in [0, 0.05) is 10.9 Å². The van der Waals surface area contributed by atoms with Gasteiger partial charge in [-0.15, -0.1) is 17.9 Å². The molecule has 0 bridgehead atoms. The molecule has 0 aliphatic carbocycles. The third-order valence-electron chi connectivity index (χ3n) is 3.69. The zero-order valence-electron chi connectivity index (χ0n) is 13.8. The first-order valence-electron chi connectivity index (χ1n) is 7.66. The van der Waals surface area contributed by atoms with E-state index in [1.54, 1.807) is 29.9 Å². The van der Waals surface area contributed by atoms with Crippen LogP contribution in [0, 0.1) is 13.8 Å². The van der Waals surface area contributed by atoms with Crippen LogP contribution < -0.4 is 4.80 Å². The number of aryl methyl sites for hydroxylation is 2. The van der Waals surface area contributed by atoms with Gasteiger partial charge < -0.3 is 4.42 Å². The monoisotopic (exact) mass is 337 g/mol. The summed E-state index contributed by atoms with van der Waals surface area (Å²) >= 11 is 1.56. The molecular weight excluding hydrogens is 318 g/mol. The number of aromatic nitrogens is 1. The molecule has 122 valence electrons. The average molecular weight is 337 g/mol.